The molecule has 1 aliphatic rings. The van der Waals surface area contributed by atoms with Gasteiger partial charge < -0.3 is 9.84 Å². The number of thioether (sulfide) groups is 1. The van der Waals surface area contributed by atoms with Crippen LogP contribution in [0, 0.1) is 6.92 Å². The summed E-state index contributed by atoms with van der Waals surface area (Å²) in [5.41, 5.74) is 2.50. The Balaban J connectivity index is 1.91. The first kappa shape index (κ1) is 18.7. The molecular formula is C20H18N2O4S. The number of carbonyl (C=O) groups is 2. The van der Waals surface area contributed by atoms with Crippen LogP contribution in [-0.4, -0.2) is 41.2 Å². The molecule has 0 aromatic heterocycles. The number of amides is 1. The monoisotopic (exact) mass is 382 g/mol. The molecule has 1 aliphatic heterocycles. The molecule has 7 heteroatoms. The van der Waals surface area contributed by atoms with E-state index < -0.39 is 5.97 Å². The standard InChI is InChI=1S/C20H18N2O4S/c1-12-7-8-13(9-16(12)26-3)10-17-18(23)22(2)20(27-17)21-15-6-4-5-14(11-15)19(24)25/h4-11H,1-3H3,(H,24,25)/b17-10+,21-20?. The summed E-state index contributed by atoms with van der Waals surface area (Å²) in [6.07, 6.45) is 1.79. The maximum Gasteiger partial charge on any atom is 0.335 e. The molecule has 27 heavy (non-hydrogen) atoms. The number of amidine groups is 1. The van der Waals surface area contributed by atoms with Crippen LogP contribution in [0.2, 0.25) is 0 Å². The third-order valence-corrected chi connectivity index (χ3v) is 5.11. The van der Waals surface area contributed by atoms with Gasteiger partial charge in [-0.3, -0.25) is 9.69 Å². The molecule has 2 aromatic carbocycles. The van der Waals surface area contributed by atoms with Crippen LogP contribution in [-0.2, 0) is 4.79 Å². The number of carboxylic acids is 1. The quantitative estimate of drug-likeness (QED) is 0.811. The first-order chi connectivity index (χ1) is 12.9. The molecule has 3 rings (SSSR count). The molecule has 1 fully saturated rings. The predicted octanol–water partition coefficient (Wildman–Crippen LogP) is 3.94. The Labute approximate surface area is 161 Å². The van der Waals surface area contributed by atoms with Crippen molar-refractivity contribution < 1.29 is 19.4 Å². The number of carbonyl (C=O) groups excluding carboxylic acids is 1. The highest BCUT2D eigenvalue weighted by atomic mass is 32.2. The van der Waals surface area contributed by atoms with Gasteiger partial charge in [0.1, 0.15) is 5.75 Å². The lowest BCUT2D eigenvalue weighted by atomic mass is 10.1. The Morgan fingerprint density at radius 3 is 2.74 bits per heavy atom. The number of likely N-dealkylation sites (N-methyl/N-ethyl adjacent to an activating group) is 1. The molecule has 0 atom stereocenters. The zero-order valence-electron chi connectivity index (χ0n) is 15.1. The van der Waals surface area contributed by atoms with Crippen molar-refractivity contribution in [2.24, 2.45) is 4.99 Å². The van der Waals surface area contributed by atoms with E-state index in [0.717, 1.165) is 16.9 Å². The fourth-order valence-electron chi connectivity index (χ4n) is 2.55. The molecule has 1 saturated heterocycles. The summed E-state index contributed by atoms with van der Waals surface area (Å²) in [5, 5.41) is 9.59. The molecule has 0 unspecified atom stereocenters. The molecule has 0 spiro atoms. The van der Waals surface area contributed by atoms with Crippen molar-refractivity contribution in [3.8, 4) is 5.75 Å². The lowest BCUT2D eigenvalue weighted by Crippen LogP contribution is -2.23. The number of hydrogen-bond acceptors (Lipinski definition) is 5. The molecule has 6 nitrogen and oxygen atoms in total. The van der Waals surface area contributed by atoms with E-state index in [4.69, 9.17) is 9.84 Å². The second-order valence-corrected chi connectivity index (χ2v) is 6.96. The van der Waals surface area contributed by atoms with Crippen LogP contribution < -0.4 is 4.74 Å². The van der Waals surface area contributed by atoms with Gasteiger partial charge in [0.15, 0.2) is 5.17 Å². The molecular weight excluding hydrogens is 364 g/mol. The van der Waals surface area contributed by atoms with Gasteiger partial charge in [0.2, 0.25) is 0 Å². The highest BCUT2D eigenvalue weighted by Gasteiger charge is 2.30. The van der Waals surface area contributed by atoms with Gasteiger partial charge in [-0.15, -0.1) is 0 Å². The van der Waals surface area contributed by atoms with E-state index in [0.29, 0.717) is 15.8 Å². The van der Waals surface area contributed by atoms with E-state index >= 15 is 0 Å². The zero-order valence-corrected chi connectivity index (χ0v) is 15.9. The van der Waals surface area contributed by atoms with Crippen molar-refractivity contribution in [2.45, 2.75) is 6.92 Å². The number of nitrogens with zero attached hydrogens (tertiary/aromatic N) is 2. The highest BCUT2D eigenvalue weighted by Crippen LogP contribution is 2.34. The lowest BCUT2D eigenvalue weighted by Gasteiger charge is -2.07. The van der Waals surface area contributed by atoms with Gasteiger partial charge in [-0.1, -0.05) is 18.2 Å². The van der Waals surface area contributed by atoms with Gasteiger partial charge in [-0.05, 0) is 60.2 Å². The van der Waals surface area contributed by atoms with Gasteiger partial charge in [0.05, 0.1) is 23.3 Å². The fraction of sp³-hybridized carbons (Fsp3) is 0.150. The Morgan fingerprint density at radius 1 is 1.26 bits per heavy atom. The van der Waals surface area contributed by atoms with Crippen molar-refractivity contribution in [2.75, 3.05) is 14.2 Å². The van der Waals surface area contributed by atoms with Crippen LogP contribution in [0.5, 0.6) is 5.75 Å². The normalized spacial score (nSPS) is 17.0. The van der Waals surface area contributed by atoms with E-state index in [9.17, 15) is 9.59 Å². The van der Waals surface area contributed by atoms with Crippen molar-refractivity contribution >= 4 is 40.6 Å². The highest BCUT2D eigenvalue weighted by molar-refractivity contribution is 8.18. The number of carboxylic acid groups (broad SMARTS) is 1. The molecule has 0 bridgehead atoms. The molecule has 2 aromatic rings. The van der Waals surface area contributed by atoms with Gasteiger partial charge >= 0.3 is 5.97 Å². The van der Waals surface area contributed by atoms with Crippen LogP contribution >= 0.6 is 11.8 Å². The maximum atomic E-state index is 12.5. The topological polar surface area (TPSA) is 79.2 Å². The summed E-state index contributed by atoms with van der Waals surface area (Å²) in [6, 6.07) is 12.0. The lowest BCUT2D eigenvalue weighted by molar-refractivity contribution is -0.121. The van der Waals surface area contributed by atoms with E-state index in [1.165, 1.54) is 28.8 Å². The van der Waals surface area contributed by atoms with Crippen LogP contribution in [0.25, 0.3) is 6.08 Å². The summed E-state index contributed by atoms with van der Waals surface area (Å²) < 4.78 is 5.33. The molecule has 1 heterocycles. The average molecular weight is 382 g/mol. The third-order valence-electron chi connectivity index (χ3n) is 4.05. The molecule has 1 amide bonds. The second-order valence-electron chi connectivity index (χ2n) is 5.95. The third kappa shape index (κ3) is 4.03. The van der Waals surface area contributed by atoms with Crippen molar-refractivity contribution in [1.82, 2.24) is 4.90 Å². The zero-order chi connectivity index (χ0) is 19.6. The Bertz CT molecular complexity index is 982. The maximum absolute atomic E-state index is 12.5. The number of hydrogen-bond donors (Lipinski definition) is 1. The number of aliphatic imine (C=N–C) groups is 1. The van der Waals surface area contributed by atoms with E-state index in [1.807, 2.05) is 25.1 Å². The van der Waals surface area contributed by atoms with E-state index in [-0.39, 0.29) is 11.5 Å². The van der Waals surface area contributed by atoms with Gasteiger partial charge in [0.25, 0.3) is 5.91 Å². The fourth-order valence-corrected chi connectivity index (χ4v) is 3.54. The largest absolute Gasteiger partial charge is 0.496 e. The van der Waals surface area contributed by atoms with Crippen molar-refractivity contribution in [3.05, 3.63) is 64.1 Å². The molecule has 0 radical (unpaired) electrons. The number of ether oxygens (including phenoxy) is 1. The molecule has 138 valence electrons. The Morgan fingerprint density at radius 2 is 2.04 bits per heavy atom. The average Bonchev–Trinajstić information content (AvgIpc) is 2.91. The minimum Gasteiger partial charge on any atom is -0.496 e. The minimum absolute atomic E-state index is 0.149. The van der Waals surface area contributed by atoms with Crippen molar-refractivity contribution in [1.29, 1.82) is 0 Å². The van der Waals surface area contributed by atoms with Crippen LogP contribution in [0.15, 0.2) is 52.4 Å². The summed E-state index contributed by atoms with van der Waals surface area (Å²) in [7, 11) is 3.25. The predicted molar refractivity (Wildman–Crippen MR) is 107 cm³/mol. The SMILES string of the molecule is COc1cc(/C=C2/SC(=Nc3cccc(C(=O)O)c3)N(C)C2=O)ccc1C. The summed E-state index contributed by atoms with van der Waals surface area (Å²) in [4.78, 5) is 30.1. The van der Waals surface area contributed by atoms with Gasteiger partial charge in [-0.2, -0.15) is 0 Å². The van der Waals surface area contributed by atoms with E-state index in [2.05, 4.69) is 4.99 Å². The van der Waals surface area contributed by atoms with E-state index in [1.54, 1.807) is 32.4 Å². The van der Waals surface area contributed by atoms with Crippen molar-refractivity contribution in [3.63, 3.8) is 0 Å². The number of rotatable bonds is 4. The van der Waals surface area contributed by atoms with Crippen LogP contribution in [0.4, 0.5) is 5.69 Å². The first-order valence-electron chi connectivity index (χ1n) is 8.13. The summed E-state index contributed by atoms with van der Waals surface area (Å²) >= 11 is 1.25. The Hall–Kier alpha value is -3.06. The van der Waals surface area contributed by atoms with Crippen LogP contribution in [0.1, 0.15) is 21.5 Å². The molecule has 1 N–H and O–H groups in total. The van der Waals surface area contributed by atoms with Gasteiger partial charge in [-0.25, -0.2) is 9.79 Å². The number of aromatic carboxylic acids is 1. The first-order valence-corrected chi connectivity index (χ1v) is 8.95. The Kier molecular flexibility index (Phi) is 5.32. The number of aryl methyl sites for hydroxylation is 1. The molecule has 0 saturated carbocycles. The second kappa shape index (κ2) is 7.67. The number of benzene rings is 2. The minimum atomic E-state index is -1.02. The van der Waals surface area contributed by atoms with Crippen LogP contribution in [0.3, 0.4) is 0 Å². The summed E-state index contributed by atoms with van der Waals surface area (Å²) in [6.45, 7) is 1.95. The number of methoxy groups -OCH3 is 1. The summed E-state index contributed by atoms with van der Waals surface area (Å²) in [5.74, 6) is -0.422. The van der Waals surface area contributed by atoms with Gasteiger partial charge in [0, 0.05) is 7.05 Å². The smallest absolute Gasteiger partial charge is 0.335 e. The molecule has 0 aliphatic carbocycles.